The maximum absolute atomic E-state index is 12.8. The van der Waals surface area contributed by atoms with Crippen molar-refractivity contribution in [1.82, 2.24) is 19.3 Å². The highest BCUT2D eigenvalue weighted by Crippen LogP contribution is 2.35. The Balaban J connectivity index is 1.40. The first-order valence-corrected chi connectivity index (χ1v) is 17.4. The molecule has 1 aliphatic rings. The Morgan fingerprint density at radius 3 is 2.70 bits per heavy atom. The van der Waals surface area contributed by atoms with E-state index in [0.29, 0.717) is 6.54 Å². The number of rotatable bonds is 13. The standard InChI is InChI=1S/C33H38N4O7S2/c1-4-43-32(40)19-28(24-11-10-22(2)26(18-24)20-36-16-14-31(39)44-46(36,41)42)27-12-13-29-33(23(27)3)34-35-37(29)15-7-17-45-30-9-6-5-8-25(30)21-38/h5-6,8-14,18,28,38-39H,4,7,15-17,19-21H2,1-3H3. The minimum absolute atomic E-state index is 0.0118. The lowest BCUT2D eigenvalue weighted by Gasteiger charge is -2.25. The third kappa shape index (κ3) is 7.55. The van der Waals surface area contributed by atoms with Gasteiger partial charge in [-0.3, -0.25) is 4.79 Å². The molecule has 0 saturated carbocycles. The van der Waals surface area contributed by atoms with Crippen LogP contribution in [0.1, 0.15) is 59.1 Å². The number of nitrogens with zero attached hydrogens (tertiary/aromatic N) is 4. The largest absolute Gasteiger partial charge is 0.480 e. The molecule has 1 atom stereocenters. The second-order valence-electron chi connectivity index (χ2n) is 11.1. The maximum atomic E-state index is 12.8. The van der Waals surface area contributed by atoms with Crippen LogP contribution in [0.25, 0.3) is 11.0 Å². The average molecular weight is 667 g/mol. The van der Waals surface area contributed by atoms with Gasteiger partial charge < -0.3 is 19.1 Å². The smallest absolute Gasteiger partial charge is 0.388 e. The van der Waals surface area contributed by atoms with Crippen molar-refractivity contribution in [3.8, 4) is 0 Å². The number of carbonyl (C=O) groups is 1. The first kappa shape index (κ1) is 33.5. The zero-order valence-electron chi connectivity index (χ0n) is 26.0. The van der Waals surface area contributed by atoms with Gasteiger partial charge in [0.15, 0.2) is 0 Å². The highest BCUT2D eigenvalue weighted by atomic mass is 32.2. The molecule has 0 fully saturated rings. The van der Waals surface area contributed by atoms with E-state index in [-0.39, 0.29) is 44.6 Å². The van der Waals surface area contributed by atoms with Crippen LogP contribution in [0.5, 0.6) is 0 Å². The molecule has 0 radical (unpaired) electrons. The predicted molar refractivity (Wildman–Crippen MR) is 175 cm³/mol. The van der Waals surface area contributed by atoms with Crippen molar-refractivity contribution in [3.05, 3.63) is 100.0 Å². The van der Waals surface area contributed by atoms with Crippen LogP contribution < -0.4 is 0 Å². The summed E-state index contributed by atoms with van der Waals surface area (Å²) < 4.78 is 38.1. The molecular formula is C33H38N4O7S2. The molecule has 1 aliphatic heterocycles. The SMILES string of the molecule is CCOC(=O)CC(c1ccc(C)c(CN2CC=C(O)OS2(=O)=O)c1)c1ccc2c(nnn2CCCSc2ccccc2CO)c1C. The van der Waals surface area contributed by atoms with Crippen molar-refractivity contribution in [2.75, 3.05) is 18.9 Å². The first-order chi connectivity index (χ1) is 22.1. The number of aromatic nitrogens is 3. The van der Waals surface area contributed by atoms with Crippen molar-refractivity contribution in [2.24, 2.45) is 0 Å². The van der Waals surface area contributed by atoms with Crippen LogP contribution >= 0.6 is 11.8 Å². The molecule has 0 spiro atoms. The van der Waals surface area contributed by atoms with Crippen LogP contribution in [0, 0.1) is 13.8 Å². The summed E-state index contributed by atoms with van der Waals surface area (Å²) in [7, 11) is -4.14. The number of aliphatic hydroxyl groups is 2. The van der Waals surface area contributed by atoms with E-state index in [0.717, 1.165) is 65.8 Å². The molecule has 0 amide bonds. The summed E-state index contributed by atoms with van der Waals surface area (Å²) in [6.45, 7) is 6.59. The number of carbonyl (C=O) groups excluding carboxylic acids is 1. The van der Waals surface area contributed by atoms with Gasteiger partial charge in [-0.25, -0.2) is 4.68 Å². The number of hydrogen-bond donors (Lipinski definition) is 2. The van der Waals surface area contributed by atoms with Crippen LogP contribution in [0.15, 0.2) is 71.5 Å². The molecule has 1 unspecified atom stereocenters. The Labute approximate surface area is 273 Å². The van der Waals surface area contributed by atoms with Gasteiger partial charge in [-0.15, -0.1) is 16.9 Å². The Hall–Kier alpha value is -3.91. The zero-order chi connectivity index (χ0) is 32.8. The predicted octanol–water partition coefficient (Wildman–Crippen LogP) is 5.28. The summed E-state index contributed by atoms with van der Waals surface area (Å²) in [6, 6.07) is 17.6. The zero-order valence-corrected chi connectivity index (χ0v) is 27.7. The molecule has 0 aliphatic carbocycles. The molecule has 3 aromatic carbocycles. The number of hydrogen-bond acceptors (Lipinski definition) is 10. The van der Waals surface area contributed by atoms with Gasteiger partial charge in [0.1, 0.15) is 5.52 Å². The first-order valence-electron chi connectivity index (χ1n) is 15.1. The molecule has 2 heterocycles. The molecule has 2 N–H and O–H groups in total. The van der Waals surface area contributed by atoms with E-state index in [1.165, 1.54) is 6.08 Å². The third-order valence-corrected chi connectivity index (χ3v) is 10.5. The van der Waals surface area contributed by atoms with Gasteiger partial charge in [0.05, 0.1) is 25.2 Å². The monoisotopic (exact) mass is 666 g/mol. The quantitative estimate of drug-likeness (QED) is 0.110. The Morgan fingerprint density at radius 1 is 1.13 bits per heavy atom. The third-order valence-electron chi connectivity index (χ3n) is 8.05. The molecule has 0 saturated heterocycles. The van der Waals surface area contributed by atoms with E-state index in [1.54, 1.807) is 18.7 Å². The van der Waals surface area contributed by atoms with Gasteiger partial charge in [-0.05, 0) is 78.5 Å². The molecule has 13 heteroatoms. The topological polar surface area (TPSA) is 144 Å². The summed E-state index contributed by atoms with van der Waals surface area (Å²) in [4.78, 5) is 13.9. The molecule has 46 heavy (non-hydrogen) atoms. The van der Waals surface area contributed by atoms with Crippen molar-refractivity contribution < 1.29 is 32.3 Å². The molecule has 4 aromatic rings. The Morgan fingerprint density at radius 2 is 1.93 bits per heavy atom. The van der Waals surface area contributed by atoms with Crippen LogP contribution in [-0.4, -0.2) is 62.8 Å². The summed E-state index contributed by atoms with van der Waals surface area (Å²) in [5, 5.41) is 28.1. The van der Waals surface area contributed by atoms with E-state index < -0.39 is 16.2 Å². The highest BCUT2D eigenvalue weighted by molar-refractivity contribution is 7.99. The summed E-state index contributed by atoms with van der Waals surface area (Å²) in [6.07, 6.45) is 2.24. The number of aliphatic hydroxyl groups excluding tert-OH is 2. The molecule has 244 valence electrons. The molecule has 0 bridgehead atoms. The number of thioether (sulfide) groups is 1. The van der Waals surface area contributed by atoms with Crippen molar-refractivity contribution in [2.45, 2.75) is 64.1 Å². The molecule has 1 aromatic heterocycles. The van der Waals surface area contributed by atoms with Crippen molar-refractivity contribution in [3.63, 3.8) is 0 Å². The fraction of sp³-hybridized carbons (Fsp3) is 0.364. The van der Waals surface area contributed by atoms with Crippen molar-refractivity contribution in [1.29, 1.82) is 0 Å². The van der Waals surface area contributed by atoms with Gasteiger partial charge >= 0.3 is 16.3 Å². The maximum Gasteiger partial charge on any atom is 0.388 e. The second kappa shape index (κ2) is 14.7. The summed E-state index contributed by atoms with van der Waals surface area (Å²) >= 11 is 1.71. The number of esters is 1. The van der Waals surface area contributed by atoms with E-state index in [9.17, 15) is 23.4 Å². The lowest BCUT2D eigenvalue weighted by atomic mass is 9.84. The number of fused-ring (bicyclic) bond motifs is 1. The Bertz CT molecular complexity index is 1860. The Kier molecular flexibility index (Phi) is 10.7. The fourth-order valence-corrected chi connectivity index (χ4v) is 7.50. The lowest BCUT2D eigenvalue weighted by Crippen LogP contribution is -2.35. The second-order valence-corrected chi connectivity index (χ2v) is 13.7. The summed E-state index contributed by atoms with van der Waals surface area (Å²) in [5.41, 5.74) is 6.83. The van der Waals surface area contributed by atoms with E-state index >= 15 is 0 Å². The van der Waals surface area contributed by atoms with Gasteiger partial charge in [-0.1, -0.05) is 47.7 Å². The molecule has 11 nitrogen and oxygen atoms in total. The fourth-order valence-electron chi connectivity index (χ4n) is 5.57. The van der Waals surface area contributed by atoms with E-state index in [4.69, 9.17) is 4.74 Å². The minimum Gasteiger partial charge on any atom is -0.480 e. The van der Waals surface area contributed by atoms with Gasteiger partial charge in [0.25, 0.3) is 5.95 Å². The number of aryl methyl sites for hydroxylation is 3. The van der Waals surface area contributed by atoms with Crippen LogP contribution in [-0.2, 0) is 43.7 Å². The van der Waals surface area contributed by atoms with Crippen molar-refractivity contribution >= 4 is 39.1 Å². The summed E-state index contributed by atoms with van der Waals surface area (Å²) in [5.74, 6) is -0.503. The lowest BCUT2D eigenvalue weighted by molar-refractivity contribution is -0.143. The molecule has 5 rings (SSSR count). The van der Waals surface area contributed by atoms with Gasteiger partial charge in [0, 0.05) is 36.5 Å². The molecular weight excluding hydrogens is 629 g/mol. The van der Waals surface area contributed by atoms with E-state index in [1.807, 2.05) is 73.1 Å². The normalized spacial score (nSPS) is 15.3. The van der Waals surface area contributed by atoms with E-state index in [2.05, 4.69) is 14.5 Å². The minimum atomic E-state index is -4.14. The van der Waals surface area contributed by atoms with Crippen LogP contribution in [0.3, 0.4) is 0 Å². The van der Waals surface area contributed by atoms with Gasteiger partial charge in [0.2, 0.25) is 0 Å². The van der Waals surface area contributed by atoms with Crippen LogP contribution in [0.4, 0.5) is 0 Å². The number of ether oxygens (including phenoxy) is 1. The number of benzene rings is 3. The van der Waals surface area contributed by atoms with Crippen LogP contribution in [0.2, 0.25) is 0 Å². The average Bonchev–Trinajstić information content (AvgIpc) is 3.44. The highest BCUT2D eigenvalue weighted by Gasteiger charge is 2.30. The van der Waals surface area contributed by atoms with Gasteiger partial charge in [-0.2, -0.15) is 12.7 Å².